The summed E-state index contributed by atoms with van der Waals surface area (Å²) in [6.07, 6.45) is 3.50. The monoisotopic (exact) mass is 445 g/mol. The van der Waals surface area contributed by atoms with Gasteiger partial charge in [-0.3, -0.25) is 15.0 Å². The van der Waals surface area contributed by atoms with Gasteiger partial charge in [-0.1, -0.05) is 48.7 Å². The smallest absolute Gasteiger partial charge is 0.268 e. The van der Waals surface area contributed by atoms with Crippen molar-refractivity contribution in [3.63, 3.8) is 0 Å². The number of fused-ring (bicyclic) bond motifs is 3. The Morgan fingerprint density at radius 2 is 1.67 bits per heavy atom. The predicted octanol–water partition coefficient (Wildman–Crippen LogP) is 3.30. The molecule has 1 saturated heterocycles. The number of carbonyl (C=O) groups is 2. The fraction of sp³-hybridized carbons (Fsp3) is 0.423. The Morgan fingerprint density at radius 1 is 1.00 bits per heavy atom. The van der Waals surface area contributed by atoms with Gasteiger partial charge in [0, 0.05) is 11.3 Å². The number of benzene rings is 2. The van der Waals surface area contributed by atoms with Crippen LogP contribution in [0.2, 0.25) is 0 Å². The van der Waals surface area contributed by atoms with E-state index in [1.807, 2.05) is 26.0 Å². The van der Waals surface area contributed by atoms with Crippen LogP contribution in [0.15, 0.2) is 47.6 Å². The molecule has 2 fully saturated rings. The number of amidine groups is 1. The first kappa shape index (κ1) is 21.5. The van der Waals surface area contributed by atoms with Crippen molar-refractivity contribution < 1.29 is 9.59 Å². The number of aryl methyl sites for hydroxylation is 3. The zero-order chi connectivity index (χ0) is 23.1. The molecule has 2 N–H and O–H groups in total. The Morgan fingerprint density at radius 3 is 2.36 bits per heavy atom. The molecule has 7 nitrogen and oxygen atoms in total. The van der Waals surface area contributed by atoms with Crippen LogP contribution in [0, 0.1) is 20.8 Å². The maximum absolute atomic E-state index is 13.6. The number of carbonyl (C=O) groups excluding carboxylic acids is 2. The average Bonchev–Trinajstić information content (AvgIpc) is 3.22. The molecule has 2 heterocycles. The predicted molar refractivity (Wildman–Crippen MR) is 129 cm³/mol. The number of rotatable bonds is 4. The molecule has 2 aromatic rings. The quantitative estimate of drug-likeness (QED) is 0.757. The van der Waals surface area contributed by atoms with Crippen LogP contribution in [-0.2, 0) is 9.59 Å². The number of hydrogen-bond acceptors (Lipinski definition) is 5. The first-order valence-electron chi connectivity index (χ1n) is 11.8. The Balaban J connectivity index is 1.37. The summed E-state index contributed by atoms with van der Waals surface area (Å²) in [5.74, 6) is 0.577. The van der Waals surface area contributed by atoms with E-state index in [2.05, 4.69) is 58.0 Å². The maximum Gasteiger partial charge on any atom is 0.268 e. The van der Waals surface area contributed by atoms with Crippen molar-refractivity contribution in [3.8, 4) is 0 Å². The number of amides is 2. The number of hydrogen-bond donors (Lipinski definition) is 2. The minimum Gasteiger partial charge on any atom is -0.325 e. The van der Waals surface area contributed by atoms with Crippen molar-refractivity contribution in [1.29, 1.82) is 0 Å². The minimum absolute atomic E-state index is 0.00282. The van der Waals surface area contributed by atoms with Crippen molar-refractivity contribution in [2.45, 2.75) is 64.7 Å². The average molecular weight is 446 g/mol. The van der Waals surface area contributed by atoms with Gasteiger partial charge < -0.3 is 15.1 Å². The van der Waals surface area contributed by atoms with E-state index in [1.165, 1.54) is 5.56 Å². The van der Waals surface area contributed by atoms with Gasteiger partial charge in [0.2, 0.25) is 5.91 Å². The van der Waals surface area contributed by atoms with Crippen molar-refractivity contribution in [2.24, 2.45) is 5.10 Å². The van der Waals surface area contributed by atoms with Gasteiger partial charge in [-0.05, 0) is 56.9 Å². The standard InChI is InChI=1S/C26H31N5O2/c1-16-8-10-19(11-9-16)24-28-29-25-26(33)30(21-6-4-5-7-22(21)31(24)25)15-23(32)27-20-13-17(2)12-18(3)14-20/h8-14,21-22,25,29H,4-7,15H2,1-3H3,(H,27,32). The molecule has 3 unspecified atom stereocenters. The molecule has 0 spiro atoms. The number of hydrazone groups is 1. The lowest BCUT2D eigenvalue weighted by atomic mass is 9.85. The third-order valence-electron chi connectivity index (χ3n) is 6.91. The van der Waals surface area contributed by atoms with E-state index in [0.717, 1.165) is 53.9 Å². The number of nitrogens with one attached hydrogen (secondary N) is 2. The van der Waals surface area contributed by atoms with E-state index in [1.54, 1.807) is 4.90 Å². The highest BCUT2D eigenvalue weighted by Gasteiger charge is 2.51. The highest BCUT2D eigenvalue weighted by atomic mass is 16.2. The normalized spacial score (nSPS) is 24.0. The number of piperazine rings is 1. The summed E-state index contributed by atoms with van der Waals surface area (Å²) in [5.41, 5.74) is 8.22. The second-order valence-corrected chi connectivity index (χ2v) is 9.55. The Bertz CT molecular complexity index is 1090. The highest BCUT2D eigenvalue weighted by molar-refractivity contribution is 6.04. The molecule has 1 saturated carbocycles. The van der Waals surface area contributed by atoms with Gasteiger partial charge in [0.05, 0.1) is 12.1 Å². The SMILES string of the molecule is Cc1ccc(C2=NNC3C(=O)N(CC(=O)Nc4cc(C)cc(C)c4)C4CCCCC4N23)cc1. The molecular formula is C26H31N5O2. The van der Waals surface area contributed by atoms with E-state index in [-0.39, 0.29) is 30.4 Å². The molecule has 5 rings (SSSR count). The van der Waals surface area contributed by atoms with Crippen LogP contribution >= 0.6 is 0 Å². The van der Waals surface area contributed by atoms with Crippen LogP contribution in [0.3, 0.4) is 0 Å². The molecule has 0 bridgehead atoms. The molecule has 1 aliphatic carbocycles. The van der Waals surface area contributed by atoms with Crippen LogP contribution in [0.4, 0.5) is 5.69 Å². The third-order valence-corrected chi connectivity index (χ3v) is 6.91. The van der Waals surface area contributed by atoms with Gasteiger partial charge in [-0.15, -0.1) is 0 Å². The molecule has 3 aliphatic rings. The van der Waals surface area contributed by atoms with Gasteiger partial charge in [0.25, 0.3) is 5.91 Å². The Hall–Kier alpha value is -3.35. The summed E-state index contributed by atoms with van der Waals surface area (Å²) >= 11 is 0. The zero-order valence-electron chi connectivity index (χ0n) is 19.5. The van der Waals surface area contributed by atoms with Gasteiger partial charge in [-0.2, -0.15) is 5.10 Å². The topological polar surface area (TPSA) is 77.0 Å². The van der Waals surface area contributed by atoms with E-state index < -0.39 is 6.17 Å². The van der Waals surface area contributed by atoms with E-state index >= 15 is 0 Å². The molecule has 0 aromatic heterocycles. The van der Waals surface area contributed by atoms with Crippen LogP contribution in [0.5, 0.6) is 0 Å². The lowest BCUT2D eigenvalue weighted by molar-refractivity contribution is -0.151. The molecular weight excluding hydrogens is 414 g/mol. The molecule has 0 radical (unpaired) electrons. The van der Waals surface area contributed by atoms with Crippen LogP contribution in [0.1, 0.15) is 47.9 Å². The molecule has 3 atom stereocenters. The third kappa shape index (κ3) is 4.08. The molecule has 2 aliphatic heterocycles. The summed E-state index contributed by atoms with van der Waals surface area (Å²) in [6, 6.07) is 14.4. The Kier molecular flexibility index (Phi) is 5.56. The molecule has 172 valence electrons. The maximum atomic E-state index is 13.6. The number of nitrogens with zero attached hydrogens (tertiary/aromatic N) is 3. The van der Waals surface area contributed by atoms with E-state index in [9.17, 15) is 9.59 Å². The lowest BCUT2D eigenvalue weighted by Crippen LogP contribution is -2.69. The summed E-state index contributed by atoms with van der Waals surface area (Å²) in [6.45, 7) is 6.13. The van der Waals surface area contributed by atoms with Crippen LogP contribution in [-0.4, -0.2) is 52.2 Å². The Labute approximate surface area is 194 Å². The second kappa shape index (κ2) is 8.54. The first-order valence-corrected chi connectivity index (χ1v) is 11.8. The highest BCUT2D eigenvalue weighted by Crippen LogP contribution is 2.35. The zero-order valence-corrected chi connectivity index (χ0v) is 19.5. The summed E-state index contributed by atoms with van der Waals surface area (Å²) in [7, 11) is 0. The van der Waals surface area contributed by atoms with Crippen LogP contribution in [0.25, 0.3) is 0 Å². The lowest BCUT2D eigenvalue weighted by Gasteiger charge is -2.51. The summed E-state index contributed by atoms with van der Waals surface area (Å²) < 4.78 is 0. The fourth-order valence-corrected chi connectivity index (χ4v) is 5.50. The second-order valence-electron chi connectivity index (χ2n) is 9.55. The van der Waals surface area contributed by atoms with Crippen LogP contribution < -0.4 is 10.7 Å². The van der Waals surface area contributed by atoms with Gasteiger partial charge in [-0.25, -0.2) is 0 Å². The summed E-state index contributed by atoms with van der Waals surface area (Å²) in [4.78, 5) is 30.5. The largest absolute Gasteiger partial charge is 0.325 e. The summed E-state index contributed by atoms with van der Waals surface area (Å²) in [5, 5.41) is 7.56. The fourth-order valence-electron chi connectivity index (χ4n) is 5.50. The van der Waals surface area contributed by atoms with Gasteiger partial charge in [0.1, 0.15) is 6.54 Å². The van der Waals surface area contributed by atoms with E-state index in [0.29, 0.717) is 0 Å². The molecule has 7 heteroatoms. The number of anilines is 1. The van der Waals surface area contributed by atoms with Crippen molar-refractivity contribution in [3.05, 3.63) is 64.7 Å². The molecule has 2 amide bonds. The minimum atomic E-state index is -0.560. The van der Waals surface area contributed by atoms with E-state index in [4.69, 9.17) is 0 Å². The molecule has 2 aromatic carbocycles. The van der Waals surface area contributed by atoms with Gasteiger partial charge in [0.15, 0.2) is 12.0 Å². The van der Waals surface area contributed by atoms with Crippen molar-refractivity contribution in [1.82, 2.24) is 15.2 Å². The molecule has 33 heavy (non-hydrogen) atoms. The van der Waals surface area contributed by atoms with Crippen molar-refractivity contribution >= 4 is 23.3 Å². The van der Waals surface area contributed by atoms with Gasteiger partial charge >= 0.3 is 0 Å². The first-order chi connectivity index (χ1) is 15.9. The van der Waals surface area contributed by atoms with Crippen molar-refractivity contribution in [2.75, 3.05) is 11.9 Å².